The predicted octanol–water partition coefficient (Wildman–Crippen LogP) is 2.22. The van der Waals surface area contributed by atoms with Gasteiger partial charge in [-0.25, -0.2) is 4.79 Å². The van der Waals surface area contributed by atoms with Crippen LogP contribution in [0.5, 0.6) is 0 Å². The number of rotatable bonds is 6. The van der Waals surface area contributed by atoms with Crippen LogP contribution in [0.1, 0.15) is 51.4 Å². The molecule has 2 fully saturated rings. The van der Waals surface area contributed by atoms with E-state index in [9.17, 15) is 9.59 Å². The van der Waals surface area contributed by atoms with E-state index in [2.05, 4.69) is 5.32 Å². The maximum absolute atomic E-state index is 12.1. The number of urea groups is 1. The Balaban J connectivity index is 1.75. The Bertz CT molecular complexity index is 329. The average molecular weight is 268 g/mol. The summed E-state index contributed by atoms with van der Waals surface area (Å²) in [4.78, 5) is 24.6. The van der Waals surface area contributed by atoms with Crippen molar-refractivity contribution in [2.75, 3.05) is 13.1 Å². The lowest BCUT2D eigenvalue weighted by atomic mass is 9.98. The molecular formula is C14H24N2O3. The molecule has 1 saturated heterocycles. The zero-order valence-corrected chi connectivity index (χ0v) is 11.4. The normalized spacial score (nSPS) is 23.2. The first kappa shape index (κ1) is 14.2. The maximum Gasteiger partial charge on any atom is 0.317 e. The topological polar surface area (TPSA) is 69.6 Å². The summed E-state index contributed by atoms with van der Waals surface area (Å²) in [5.41, 5.74) is 0. The van der Waals surface area contributed by atoms with E-state index in [0.717, 1.165) is 44.7 Å². The van der Waals surface area contributed by atoms with Gasteiger partial charge in [0.25, 0.3) is 0 Å². The summed E-state index contributed by atoms with van der Waals surface area (Å²) in [5, 5.41) is 11.7. The first-order valence-corrected chi connectivity index (χ1v) is 7.43. The predicted molar refractivity (Wildman–Crippen MR) is 72.0 cm³/mol. The Morgan fingerprint density at radius 2 is 1.95 bits per heavy atom. The Morgan fingerprint density at radius 3 is 2.63 bits per heavy atom. The first-order valence-electron chi connectivity index (χ1n) is 7.43. The van der Waals surface area contributed by atoms with Crippen LogP contribution in [-0.2, 0) is 4.79 Å². The first-order chi connectivity index (χ1) is 9.16. The average Bonchev–Trinajstić information content (AvgIpc) is 3.20. The summed E-state index contributed by atoms with van der Waals surface area (Å²) in [7, 11) is 0. The summed E-state index contributed by atoms with van der Waals surface area (Å²) in [6, 6.07) is 0.0986. The third kappa shape index (κ3) is 4.73. The van der Waals surface area contributed by atoms with Gasteiger partial charge in [-0.15, -0.1) is 0 Å². The van der Waals surface area contributed by atoms with Gasteiger partial charge in [-0.2, -0.15) is 0 Å². The van der Waals surface area contributed by atoms with Crippen LogP contribution in [-0.4, -0.2) is 41.1 Å². The molecule has 0 bridgehead atoms. The maximum atomic E-state index is 12.1. The van der Waals surface area contributed by atoms with Gasteiger partial charge in [0, 0.05) is 25.6 Å². The molecule has 2 N–H and O–H groups in total. The van der Waals surface area contributed by atoms with Crippen molar-refractivity contribution in [3.63, 3.8) is 0 Å². The number of nitrogens with zero attached hydrogens (tertiary/aromatic N) is 1. The molecule has 1 unspecified atom stereocenters. The molecule has 0 aromatic carbocycles. The highest BCUT2D eigenvalue weighted by molar-refractivity contribution is 5.74. The van der Waals surface area contributed by atoms with Crippen molar-refractivity contribution in [1.82, 2.24) is 10.2 Å². The minimum atomic E-state index is -0.778. The van der Waals surface area contributed by atoms with Crippen molar-refractivity contribution in [3.8, 4) is 0 Å². The van der Waals surface area contributed by atoms with Gasteiger partial charge in [-0.3, -0.25) is 4.79 Å². The number of carbonyl (C=O) groups is 2. The van der Waals surface area contributed by atoms with Crippen molar-refractivity contribution in [2.45, 2.75) is 57.4 Å². The van der Waals surface area contributed by atoms with E-state index in [1.54, 1.807) is 0 Å². The van der Waals surface area contributed by atoms with E-state index in [4.69, 9.17) is 5.11 Å². The van der Waals surface area contributed by atoms with Gasteiger partial charge in [0.2, 0.25) is 0 Å². The number of likely N-dealkylation sites (tertiary alicyclic amines) is 1. The van der Waals surface area contributed by atoms with E-state index in [1.165, 1.54) is 12.8 Å². The second kappa shape index (κ2) is 6.78. The second-order valence-corrected chi connectivity index (χ2v) is 5.74. The monoisotopic (exact) mass is 268 g/mol. The number of carbonyl (C=O) groups excluding carboxylic acids is 1. The quantitative estimate of drug-likeness (QED) is 0.776. The number of piperidine rings is 1. The highest BCUT2D eigenvalue weighted by Gasteiger charge is 2.27. The molecule has 2 amide bonds. The van der Waals surface area contributed by atoms with Gasteiger partial charge >= 0.3 is 12.0 Å². The van der Waals surface area contributed by atoms with Crippen LogP contribution in [0, 0.1) is 5.92 Å². The molecule has 0 spiro atoms. The molecule has 0 radical (unpaired) electrons. The van der Waals surface area contributed by atoms with Crippen molar-refractivity contribution < 1.29 is 14.7 Å². The van der Waals surface area contributed by atoms with Gasteiger partial charge in [0.1, 0.15) is 0 Å². The molecule has 2 rings (SSSR count). The number of nitrogens with one attached hydrogen (secondary N) is 1. The molecule has 0 aromatic rings. The van der Waals surface area contributed by atoms with E-state index < -0.39 is 5.97 Å². The lowest BCUT2D eigenvalue weighted by Gasteiger charge is -2.35. The van der Waals surface area contributed by atoms with Crippen LogP contribution in [0.15, 0.2) is 0 Å². The van der Waals surface area contributed by atoms with Gasteiger partial charge in [-0.05, 0) is 38.0 Å². The summed E-state index contributed by atoms with van der Waals surface area (Å²) in [6.07, 6.45) is 7.47. The van der Waals surface area contributed by atoms with Crippen molar-refractivity contribution in [2.24, 2.45) is 5.92 Å². The molecule has 19 heavy (non-hydrogen) atoms. The van der Waals surface area contributed by atoms with E-state index in [0.29, 0.717) is 6.42 Å². The molecule has 1 aliphatic carbocycles. The number of carboxylic acids is 1. The van der Waals surface area contributed by atoms with E-state index in [1.807, 2.05) is 4.90 Å². The highest BCUT2D eigenvalue weighted by Crippen LogP contribution is 2.31. The Labute approximate surface area is 114 Å². The largest absolute Gasteiger partial charge is 0.481 e. The minimum Gasteiger partial charge on any atom is -0.481 e. The zero-order valence-electron chi connectivity index (χ0n) is 11.4. The highest BCUT2D eigenvalue weighted by atomic mass is 16.4. The van der Waals surface area contributed by atoms with Crippen LogP contribution in [0.4, 0.5) is 4.79 Å². The van der Waals surface area contributed by atoms with Crippen LogP contribution in [0.2, 0.25) is 0 Å². The number of aliphatic carboxylic acids is 1. The number of hydrogen-bond acceptors (Lipinski definition) is 2. The third-order valence-electron chi connectivity index (χ3n) is 4.11. The van der Waals surface area contributed by atoms with E-state index in [-0.39, 0.29) is 18.5 Å². The smallest absolute Gasteiger partial charge is 0.317 e. The lowest BCUT2D eigenvalue weighted by Crippen LogP contribution is -2.49. The number of amides is 2. The summed E-state index contributed by atoms with van der Waals surface area (Å²) >= 11 is 0. The second-order valence-electron chi connectivity index (χ2n) is 5.74. The fourth-order valence-corrected chi connectivity index (χ4v) is 2.75. The van der Waals surface area contributed by atoms with Crippen molar-refractivity contribution >= 4 is 12.0 Å². The van der Waals surface area contributed by atoms with Crippen molar-refractivity contribution in [1.29, 1.82) is 0 Å². The Kier molecular flexibility index (Phi) is 5.05. The van der Waals surface area contributed by atoms with Gasteiger partial charge < -0.3 is 15.3 Å². The molecule has 0 aromatic heterocycles. The van der Waals surface area contributed by atoms with Gasteiger partial charge in [0.05, 0.1) is 0 Å². The SMILES string of the molecule is O=C(O)CCC1CCCCN1C(=O)NCCC1CC1. The molecule has 1 saturated carbocycles. The van der Waals surface area contributed by atoms with Crippen LogP contribution in [0.25, 0.3) is 0 Å². The summed E-state index contributed by atoms with van der Waals surface area (Å²) in [6.45, 7) is 1.52. The van der Waals surface area contributed by atoms with Gasteiger partial charge in [0.15, 0.2) is 0 Å². The van der Waals surface area contributed by atoms with Crippen LogP contribution >= 0.6 is 0 Å². The Hall–Kier alpha value is -1.26. The lowest BCUT2D eigenvalue weighted by molar-refractivity contribution is -0.137. The Morgan fingerprint density at radius 1 is 1.16 bits per heavy atom. The molecule has 1 heterocycles. The standard InChI is InChI=1S/C14H24N2O3/c17-13(18)7-6-12-3-1-2-10-16(12)14(19)15-9-8-11-4-5-11/h11-12H,1-10H2,(H,15,19)(H,17,18). The fourth-order valence-electron chi connectivity index (χ4n) is 2.75. The summed E-state index contributed by atoms with van der Waals surface area (Å²) < 4.78 is 0. The molecule has 5 heteroatoms. The van der Waals surface area contributed by atoms with E-state index >= 15 is 0 Å². The molecular weight excluding hydrogens is 244 g/mol. The van der Waals surface area contributed by atoms with Crippen LogP contribution in [0.3, 0.4) is 0 Å². The number of carboxylic acid groups (broad SMARTS) is 1. The molecule has 108 valence electrons. The summed E-state index contributed by atoms with van der Waals surface area (Å²) in [5.74, 6) is 0.0455. The van der Waals surface area contributed by atoms with Gasteiger partial charge in [-0.1, -0.05) is 12.8 Å². The molecule has 2 aliphatic rings. The third-order valence-corrected chi connectivity index (χ3v) is 4.11. The zero-order chi connectivity index (χ0) is 13.7. The van der Waals surface area contributed by atoms with Crippen LogP contribution < -0.4 is 5.32 Å². The minimum absolute atomic E-state index is 0.00395. The number of hydrogen-bond donors (Lipinski definition) is 2. The molecule has 5 nitrogen and oxygen atoms in total. The van der Waals surface area contributed by atoms with Crippen molar-refractivity contribution in [3.05, 3.63) is 0 Å². The fraction of sp³-hybridized carbons (Fsp3) is 0.857. The molecule has 1 atom stereocenters. The molecule has 1 aliphatic heterocycles.